The molecule has 2 aromatic carbocycles. The lowest BCUT2D eigenvalue weighted by molar-refractivity contribution is -0.136. The lowest BCUT2D eigenvalue weighted by Crippen LogP contribution is -2.44. The fourth-order valence-corrected chi connectivity index (χ4v) is 3.73. The minimum absolute atomic E-state index is 0. The molecule has 0 bridgehead atoms. The molecule has 0 spiro atoms. The van der Waals surface area contributed by atoms with E-state index in [2.05, 4.69) is 29.2 Å². The molecule has 0 aliphatic carbocycles. The molecule has 2 N–H and O–H groups in total. The summed E-state index contributed by atoms with van der Waals surface area (Å²) >= 11 is 0. The number of likely N-dealkylation sites (N-methyl/N-ethyl adjacent to an activating group) is 1. The second-order valence-corrected chi connectivity index (χ2v) is 7.34. The lowest BCUT2D eigenvalue weighted by Gasteiger charge is -2.30. The highest BCUT2D eigenvalue weighted by molar-refractivity contribution is 5.85. The van der Waals surface area contributed by atoms with E-state index in [1.54, 1.807) is 0 Å². The smallest absolute Gasteiger partial charge is 0.227 e. The summed E-state index contributed by atoms with van der Waals surface area (Å²) in [4.78, 5) is 17.3. The summed E-state index contributed by atoms with van der Waals surface area (Å²) in [5.74, 6) is -0.0986. The third-order valence-electron chi connectivity index (χ3n) is 5.50. The maximum absolute atomic E-state index is 12.9. The van der Waals surface area contributed by atoms with Crippen molar-refractivity contribution in [2.75, 3.05) is 20.1 Å². The predicted octanol–water partition coefficient (Wildman–Crippen LogP) is 3.48. The van der Waals surface area contributed by atoms with Gasteiger partial charge in [0.05, 0.1) is 5.92 Å². The molecule has 4 nitrogen and oxygen atoms in total. The highest BCUT2D eigenvalue weighted by Gasteiger charge is 2.32. The first-order valence-corrected chi connectivity index (χ1v) is 9.39. The van der Waals surface area contributed by atoms with Crippen LogP contribution in [0, 0.1) is 5.92 Å². The second-order valence-electron chi connectivity index (χ2n) is 7.34. The quantitative estimate of drug-likeness (QED) is 0.825. The fourth-order valence-electron chi connectivity index (χ4n) is 3.73. The van der Waals surface area contributed by atoms with Gasteiger partial charge in [0.25, 0.3) is 0 Å². The van der Waals surface area contributed by atoms with Crippen molar-refractivity contribution in [3.05, 3.63) is 71.8 Å². The maximum atomic E-state index is 12.9. The van der Waals surface area contributed by atoms with Crippen LogP contribution in [0.5, 0.6) is 0 Å². The van der Waals surface area contributed by atoms with Gasteiger partial charge in [-0.2, -0.15) is 0 Å². The summed E-state index contributed by atoms with van der Waals surface area (Å²) in [6.45, 7) is 4.83. The highest BCUT2D eigenvalue weighted by Crippen LogP contribution is 2.24. The first kappa shape index (κ1) is 21.4. The third-order valence-corrected chi connectivity index (χ3v) is 5.50. The van der Waals surface area contributed by atoms with Crippen LogP contribution in [-0.4, -0.2) is 41.9 Å². The molecule has 0 radical (unpaired) electrons. The number of nitrogens with zero attached hydrogens (tertiary/aromatic N) is 2. The summed E-state index contributed by atoms with van der Waals surface area (Å²) in [5, 5.41) is 0. The van der Waals surface area contributed by atoms with Crippen LogP contribution in [0.4, 0.5) is 0 Å². The van der Waals surface area contributed by atoms with Crippen LogP contribution in [0.1, 0.15) is 30.5 Å². The zero-order valence-electron chi connectivity index (χ0n) is 16.1. The Bertz CT molecular complexity index is 710. The van der Waals surface area contributed by atoms with E-state index in [9.17, 15) is 4.79 Å². The Morgan fingerprint density at radius 3 is 2.37 bits per heavy atom. The van der Waals surface area contributed by atoms with Crippen LogP contribution in [0.3, 0.4) is 0 Å². The van der Waals surface area contributed by atoms with Gasteiger partial charge in [-0.05, 0) is 17.5 Å². The average molecular weight is 388 g/mol. The van der Waals surface area contributed by atoms with E-state index in [1.165, 1.54) is 5.56 Å². The zero-order chi connectivity index (χ0) is 18.5. The Hall–Kier alpha value is -1.88. The second kappa shape index (κ2) is 9.88. The van der Waals surface area contributed by atoms with Crippen molar-refractivity contribution in [1.82, 2.24) is 9.80 Å². The molecule has 1 heterocycles. The lowest BCUT2D eigenvalue weighted by atomic mass is 9.94. The molecule has 1 aliphatic rings. The van der Waals surface area contributed by atoms with Crippen molar-refractivity contribution in [2.24, 2.45) is 11.7 Å². The molecular formula is C22H30ClN3O. The Kier molecular flexibility index (Phi) is 7.84. The number of carbonyl (C=O) groups is 1. The number of halogens is 1. The number of carbonyl (C=O) groups excluding carboxylic acids is 1. The van der Waals surface area contributed by atoms with Gasteiger partial charge >= 0.3 is 0 Å². The Balaban J connectivity index is 0.00000261. The van der Waals surface area contributed by atoms with Crippen LogP contribution in [0.2, 0.25) is 0 Å². The van der Waals surface area contributed by atoms with Gasteiger partial charge in [0.1, 0.15) is 0 Å². The van der Waals surface area contributed by atoms with Gasteiger partial charge in [-0.3, -0.25) is 9.69 Å². The zero-order valence-corrected chi connectivity index (χ0v) is 16.9. The third kappa shape index (κ3) is 5.32. The van der Waals surface area contributed by atoms with E-state index >= 15 is 0 Å². The summed E-state index contributed by atoms with van der Waals surface area (Å²) < 4.78 is 0. The van der Waals surface area contributed by atoms with E-state index in [4.69, 9.17) is 5.73 Å². The van der Waals surface area contributed by atoms with E-state index < -0.39 is 0 Å². The van der Waals surface area contributed by atoms with Gasteiger partial charge in [-0.15, -0.1) is 12.4 Å². The molecule has 146 valence electrons. The molecule has 0 aromatic heterocycles. The minimum atomic E-state index is -0.270. The number of rotatable bonds is 6. The van der Waals surface area contributed by atoms with Crippen molar-refractivity contribution in [3.8, 4) is 0 Å². The first-order valence-electron chi connectivity index (χ1n) is 9.39. The molecule has 0 saturated carbocycles. The van der Waals surface area contributed by atoms with Gasteiger partial charge < -0.3 is 10.6 Å². The van der Waals surface area contributed by atoms with Gasteiger partial charge in [-0.25, -0.2) is 0 Å². The molecule has 1 amide bonds. The summed E-state index contributed by atoms with van der Waals surface area (Å²) in [6, 6.07) is 20.4. The van der Waals surface area contributed by atoms with Crippen molar-refractivity contribution in [1.29, 1.82) is 0 Å². The van der Waals surface area contributed by atoms with Crippen LogP contribution in [-0.2, 0) is 11.3 Å². The topological polar surface area (TPSA) is 49.6 Å². The molecular weight excluding hydrogens is 358 g/mol. The molecule has 3 unspecified atom stereocenters. The van der Waals surface area contributed by atoms with Gasteiger partial charge in [0.2, 0.25) is 5.91 Å². The standard InChI is InChI=1S/C22H29N3O.ClH/c1-17(21(23)19-11-7-4-8-12-19)22(26)24(2)20-13-14-25(16-20)15-18-9-5-3-6-10-18;/h3-12,17,20-21H,13-16,23H2,1-2H3;1H. The van der Waals surface area contributed by atoms with Gasteiger partial charge in [0.15, 0.2) is 0 Å². The monoisotopic (exact) mass is 387 g/mol. The van der Waals surface area contributed by atoms with Gasteiger partial charge in [0, 0.05) is 38.8 Å². The minimum Gasteiger partial charge on any atom is -0.341 e. The Morgan fingerprint density at radius 1 is 1.15 bits per heavy atom. The number of benzene rings is 2. The number of amides is 1. The van der Waals surface area contributed by atoms with E-state index in [0.717, 1.165) is 31.6 Å². The summed E-state index contributed by atoms with van der Waals surface area (Å²) in [5.41, 5.74) is 8.68. The Morgan fingerprint density at radius 2 is 1.74 bits per heavy atom. The molecule has 1 fully saturated rings. The van der Waals surface area contributed by atoms with Crippen molar-refractivity contribution >= 4 is 18.3 Å². The normalized spacial score (nSPS) is 19.1. The first-order chi connectivity index (χ1) is 12.6. The van der Waals surface area contributed by atoms with Crippen molar-refractivity contribution in [3.63, 3.8) is 0 Å². The average Bonchev–Trinajstić information content (AvgIpc) is 3.15. The number of likely N-dealkylation sites (tertiary alicyclic amines) is 1. The molecule has 3 rings (SSSR count). The van der Waals surface area contributed by atoms with E-state index in [1.807, 2.05) is 55.3 Å². The molecule has 5 heteroatoms. The molecule has 1 saturated heterocycles. The highest BCUT2D eigenvalue weighted by atomic mass is 35.5. The van der Waals surface area contributed by atoms with E-state index in [-0.39, 0.29) is 36.3 Å². The Labute approximate surface area is 168 Å². The molecule has 27 heavy (non-hydrogen) atoms. The summed E-state index contributed by atoms with van der Waals surface area (Å²) in [6.07, 6.45) is 1.02. The predicted molar refractivity (Wildman–Crippen MR) is 113 cm³/mol. The SMILES string of the molecule is CC(C(=O)N(C)C1CCN(Cc2ccccc2)C1)C(N)c1ccccc1.Cl. The van der Waals surface area contributed by atoms with Crippen LogP contribution >= 0.6 is 12.4 Å². The fraction of sp³-hybridized carbons (Fsp3) is 0.409. The maximum Gasteiger partial charge on any atom is 0.227 e. The number of hydrogen-bond donors (Lipinski definition) is 1. The van der Waals surface area contributed by atoms with Crippen LogP contribution in [0.25, 0.3) is 0 Å². The van der Waals surface area contributed by atoms with Gasteiger partial charge in [-0.1, -0.05) is 67.6 Å². The molecule has 2 aromatic rings. The largest absolute Gasteiger partial charge is 0.341 e. The molecule has 1 aliphatic heterocycles. The van der Waals surface area contributed by atoms with E-state index in [0.29, 0.717) is 0 Å². The number of nitrogens with two attached hydrogens (primary N) is 1. The number of hydrogen-bond acceptors (Lipinski definition) is 3. The van der Waals surface area contributed by atoms with Crippen molar-refractivity contribution < 1.29 is 4.79 Å². The van der Waals surface area contributed by atoms with Crippen molar-refractivity contribution in [2.45, 2.75) is 32.0 Å². The van der Waals surface area contributed by atoms with Crippen LogP contribution < -0.4 is 5.73 Å². The van der Waals surface area contributed by atoms with Crippen LogP contribution in [0.15, 0.2) is 60.7 Å². The molecule has 3 atom stereocenters. The summed E-state index contributed by atoms with van der Waals surface area (Å²) in [7, 11) is 1.92.